The molecule has 0 aliphatic carbocycles. The second kappa shape index (κ2) is 4.64. The van der Waals surface area contributed by atoms with Crippen molar-refractivity contribution in [3.05, 3.63) is 30.1 Å². The molecule has 2 nitrogen and oxygen atoms in total. The number of nitrogens with one attached hydrogen (secondary N) is 1. The van der Waals surface area contributed by atoms with Gasteiger partial charge in [-0.25, -0.2) is 0 Å². The molecule has 0 aliphatic rings. The van der Waals surface area contributed by atoms with Crippen molar-refractivity contribution < 1.29 is 0 Å². The van der Waals surface area contributed by atoms with Gasteiger partial charge in [0.05, 0.1) is 11.7 Å². The first-order chi connectivity index (χ1) is 6.24. The zero-order valence-corrected chi connectivity index (χ0v) is 7.99. The fraction of sp³-hybridized carbons (Fsp3) is 0.364. The SMILES string of the molecule is C#CC(C)NC(C)c1ccccn1. The highest BCUT2D eigenvalue weighted by Crippen LogP contribution is 2.08. The Morgan fingerprint density at radius 2 is 2.23 bits per heavy atom. The Bertz CT molecular complexity index is 287. The normalized spacial score (nSPS) is 14.5. The molecule has 2 heteroatoms. The number of pyridine rings is 1. The predicted octanol–water partition coefficient (Wildman–Crippen LogP) is 1.75. The smallest absolute Gasteiger partial charge is 0.0663 e. The molecule has 68 valence electrons. The van der Waals surface area contributed by atoms with E-state index in [-0.39, 0.29) is 12.1 Å². The summed E-state index contributed by atoms with van der Waals surface area (Å²) in [5.74, 6) is 2.63. The van der Waals surface area contributed by atoms with Gasteiger partial charge in [0.15, 0.2) is 0 Å². The molecule has 0 saturated carbocycles. The third-order valence-corrected chi connectivity index (χ3v) is 1.88. The minimum atomic E-state index is 0.0806. The Labute approximate surface area is 79.4 Å². The molecule has 0 amide bonds. The Morgan fingerprint density at radius 1 is 1.46 bits per heavy atom. The Balaban J connectivity index is 2.60. The lowest BCUT2D eigenvalue weighted by molar-refractivity contribution is 0.535. The second-order valence-corrected chi connectivity index (χ2v) is 3.03. The lowest BCUT2D eigenvalue weighted by atomic mass is 10.2. The number of hydrogen-bond acceptors (Lipinski definition) is 2. The van der Waals surface area contributed by atoms with Crippen LogP contribution in [-0.4, -0.2) is 11.0 Å². The molecule has 2 atom stereocenters. The largest absolute Gasteiger partial charge is 0.296 e. The van der Waals surface area contributed by atoms with Gasteiger partial charge in [-0.15, -0.1) is 6.42 Å². The summed E-state index contributed by atoms with van der Waals surface area (Å²) in [6.45, 7) is 4.01. The topological polar surface area (TPSA) is 24.9 Å². The molecule has 0 bridgehead atoms. The van der Waals surface area contributed by atoms with E-state index in [1.54, 1.807) is 6.20 Å². The second-order valence-electron chi connectivity index (χ2n) is 3.03. The van der Waals surface area contributed by atoms with E-state index in [0.29, 0.717) is 0 Å². The van der Waals surface area contributed by atoms with Crippen LogP contribution in [0.3, 0.4) is 0 Å². The van der Waals surface area contributed by atoms with Crippen molar-refractivity contribution in [2.24, 2.45) is 0 Å². The molecule has 1 N–H and O–H groups in total. The summed E-state index contributed by atoms with van der Waals surface area (Å²) in [6.07, 6.45) is 7.05. The summed E-state index contributed by atoms with van der Waals surface area (Å²) in [6, 6.07) is 6.15. The third kappa shape index (κ3) is 2.89. The van der Waals surface area contributed by atoms with Crippen LogP contribution in [0.1, 0.15) is 25.6 Å². The summed E-state index contributed by atoms with van der Waals surface area (Å²) in [5.41, 5.74) is 1.02. The predicted molar refractivity (Wildman–Crippen MR) is 54.1 cm³/mol. The van der Waals surface area contributed by atoms with E-state index in [1.807, 2.05) is 25.1 Å². The molecule has 0 radical (unpaired) electrons. The van der Waals surface area contributed by atoms with Gasteiger partial charge >= 0.3 is 0 Å². The van der Waals surface area contributed by atoms with Crippen molar-refractivity contribution in [2.45, 2.75) is 25.9 Å². The van der Waals surface area contributed by atoms with E-state index >= 15 is 0 Å². The summed E-state index contributed by atoms with van der Waals surface area (Å²) in [7, 11) is 0. The highest BCUT2D eigenvalue weighted by atomic mass is 15.0. The van der Waals surface area contributed by atoms with Crippen molar-refractivity contribution in [3.8, 4) is 12.3 Å². The summed E-state index contributed by atoms with van der Waals surface area (Å²) in [4.78, 5) is 4.23. The van der Waals surface area contributed by atoms with Gasteiger partial charge < -0.3 is 0 Å². The number of rotatable bonds is 3. The Hall–Kier alpha value is -1.33. The van der Waals surface area contributed by atoms with Gasteiger partial charge in [0, 0.05) is 12.2 Å². The Morgan fingerprint density at radius 3 is 2.77 bits per heavy atom. The number of hydrogen-bond donors (Lipinski definition) is 1. The first-order valence-corrected chi connectivity index (χ1v) is 4.37. The monoisotopic (exact) mass is 174 g/mol. The lowest BCUT2D eigenvalue weighted by Crippen LogP contribution is -2.27. The van der Waals surface area contributed by atoms with Crippen molar-refractivity contribution in [1.29, 1.82) is 0 Å². The van der Waals surface area contributed by atoms with Crippen LogP contribution in [0.2, 0.25) is 0 Å². The van der Waals surface area contributed by atoms with E-state index in [0.717, 1.165) is 5.69 Å². The van der Waals surface area contributed by atoms with Crippen LogP contribution < -0.4 is 5.32 Å². The molecule has 2 unspecified atom stereocenters. The standard InChI is InChI=1S/C11H14N2/c1-4-9(2)13-10(3)11-7-5-6-8-12-11/h1,5-10,13H,2-3H3. The van der Waals surface area contributed by atoms with Crippen LogP contribution in [0.5, 0.6) is 0 Å². The van der Waals surface area contributed by atoms with Crippen LogP contribution in [0.4, 0.5) is 0 Å². The van der Waals surface area contributed by atoms with Crippen molar-refractivity contribution in [3.63, 3.8) is 0 Å². The first kappa shape index (κ1) is 9.76. The van der Waals surface area contributed by atoms with Gasteiger partial charge in [-0.3, -0.25) is 10.3 Å². The van der Waals surface area contributed by atoms with E-state index in [1.165, 1.54) is 0 Å². The van der Waals surface area contributed by atoms with Crippen LogP contribution in [-0.2, 0) is 0 Å². The molecule has 13 heavy (non-hydrogen) atoms. The number of nitrogens with zero attached hydrogens (tertiary/aromatic N) is 1. The quantitative estimate of drug-likeness (QED) is 0.706. The van der Waals surface area contributed by atoms with E-state index in [2.05, 4.69) is 23.1 Å². The minimum Gasteiger partial charge on any atom is -0.296 e. The highest BCUT2D eigenvalue weighted by Gasteiger charge is 2.07. The highest BCUT2D eigenvalue weighted by molar-refractivity contribution is 5.09. The van der Waals surface area contributed by atoms with Gasteiger partial charge in [0.1, 0.15) is 0 Å². The van der Waals surface area contributed by atoms with Crippen LogP contribution >= 0.6 is 0 Å². The molecular weight excluding hydrogens is 160 g/mol. The fourth-order valence-electron chi connectivity index (χ4n) is 1.14. The van der Waals surface area contributed by atoms with Gasteiger partial charge in [0.25, 0.3) is 0 Å². The summed E-state index contributed by atoms with van der Waals surface area (Å²) in [5, 5.41) is 3.25. The number of terminal acetylenes is 1. The van der Waals surface area contributed by atoms with Gasteiger partial charge in [-0.1, -0.05) is 12.0 Å². The molecule has 0 fully saturated rings. The number of aromatic nitrogens is 1. The van der Waals surface area contributed by atoms with Crippen LogP contribution in [0.25, 0.3) is 0 Å². The molecular formula is C11H14N2. The minimum absolute atomic E-state index is 0.0806. The van der Waals surface area contributed by atoms with Crippen LogP contribution in [0.15, 0.2) is 24.4 Å². The van der Waals surface area contributed by atoms with E-state index in [9.17, 15) is 0 Å². The van der Waals surface area contributed by atoms with Crippen molar-refractivity contribution in [1.82, 2.24) is 10.3 Å². The van der Waals surface area contributed by atoms with E-state index < -0.39 is 0 Å². The lowest BCUT2D eigenvalue weighted by Gasteiger charge is -2.15. The maximum atomic E-state index is 5.27. The summed E-state index contributed by atoms with van der Waals surface area (Å²) < 4.78 is 0. The van der Waals surface area contributed by atoms with Crippen molar-refractivity contribution in [2.75, 3.05) is 0 Å². The van der Waals surface area contributed by atoms with Gasteiger partial charge in [-0.05, 0) is 26.0 Å². The maximum absolute atomic E-state index is 5.27. The molecule has 1 rings (SSSR count). The van der Waals surface area contributed by atoms with Gasteiger partial charge in [-0.2, -0.15) is 0 Å². The fourth-order valence-corrected chi connectivity index (χ4v) is 1.14. The molecule has 0 spiro atoms. The zero-order valence-electron chi connectivity index (χ0n) is 7.99. The zero-order chi connectivity index (χ0) is 9.68. The molecule has 1 heterocycles. The van der Waals surface area contributed by atoms with Crippen LogP contribution in [0, 0.1) is 12.3 Å². The molecule has 0 aliphatic heterocycles. The molecule has 1 aromatic heterocycles. The Kier molecular flexibility index (Phi) is 3.48. The average molecular weight is 174 g/mol. The third-order valence-electron chi connectivity index (χ3n) is 1.88. The van der Waals surface area contributed by atoms with E-state index in [4.69, 9.17) is 6.42 Å². The molecule has 1 aromatic rings. The summed E-state index contributed by atoms with van der Waals surface area (Å²) >= 11 is 0. The van der Waals surface area contributed by atoms with Gasteiger partial charge in [0.2, 0.25) is 0 Å². The first-order valence-electron chi connectivity index (χ1n) is 4.37. The maximum Gasteiger partial charge on any atom is 0.0663 e. The molecule has 0 aromatic carbocycles. The van der Waals surface area contributed by atoms with Crippen molar-refractivity contribution >= 4 is 0 Å². The average Bonchev–Trinajstić information content (AvgIpc) is 2.19. The molecule has 0 saturated heterocycles.